The van der Waals surface area contributed by atoms with Gasteiger partial charge in [0.05, 0.1) is 19.1 Å². The lowest BCUT2D eigenvalue weighted by Gasteiger charge is -2.14. The monoisotopic (exact) mass is 223 g/mol. The number of methoxy groups -OCH3 is 1. The fourth-order valence-electron chi connectivity index (χ4n) is 1.15. The summed E-state index contributed by atoms with van der Waals surface area (Å²) in [6, 6.07) is 7.04. The Morgan fingerprint density at radius 2 is 1.88 bits per heavy atom. The second-order valence-corrected chi connectivity index (χ2v) is 3.75. The Balaban J connectivity index is 2.62. The van der Waals surface area contributed by atoms with Crippen LogP contribution in [0.4, 0.5) is 5.69 Å². The van der Waals surface area contributed by atoms with Crippen molar-refractivity contribution in [1.29, 1.82) is 0 Å². The average Bonchev–Trinajstić information content (AvgIpc) is 2.28. The normalized spacial score (nSPS) is 14.0. The first-order valence-corrected chi connectivity index (χ1v) is 5.17. The maximum absolute atomic E-state index is 11.6. The third-order valence-electron chi connectivity index (χ3n) is 2.49. The van der Waals surface area contributed by atoms with Crippen LogP contribution in [0.15, 0.2) is 24.3 Å². The van der Waals surface area contributed by atoms with Crippen molar-refractivity contribution in [3.05, 3.63) is 24.3 Å². The van der Waals surface area contributed by atoms with Crippen molar-refractivity contribution in [2.24, 2.45) is 5.92 Å². The van der Waals surface area contributed by atoms with Gasteiger partial charge in [0, 0.05) is 5.69 Å². The van der Waals surface area contributed by atoms with Gasteiger partial charge in [-0.1, -0.05) is 6.92 Å². The van der Waals surface area contributed by atoms with Crippen LogP contribution in [0, 0.1) is 5.92 Å². The van der Waals surface area contributed by atoms with Crippen LogP contribution in [-0.2, 0) is 4.79 Å². The number of amides is 1. The molecule has 2 atom stereocenters. The van der Waals surface area contributed by atoms with Gasteiger partial charge in [0.2, 0.25) is 5.91 Å². The smallest absolute Gasteiger partial charge is 0.229 e. The molecule has 2 N–H and O–H groups in total. The van der Waals surface area contributed by atoms with Crippen LogP contribution < -0.4 is 10.1 Å². The van der Waals surface area contributed by atoms with Crippen molar-refractivity contribution < 1.29 is 14.6 Å². The molecule has 16 heavy (non-hydrogen) atoms. The van der Waals surface area contributed by atoms with E-state index in [1.807, 2.05) is 0 Å². The van der Waals surface area contributed by atoms with Gasteiger partial charge in [0.15, 0.2) is 0 Å². The standard InChI is InChI=1S/C12H17NO3/c1-8(9(2)14)12(15)13-10-4-6-11(16-3)7-5-10/h4-9,14H,1-3H3,(H,13,15)/t8-,9-/m0/s1. The molecule has 0 aliphatic heterocycles. The van der Waals surface area contributed by atoms with E-state index in [0.29, 0.717) is 5.69 Å². The fourth-order valence-corrected chi connectivity index (χ4v) is 1.15. The Morgan fingerprint density at radius 3 is 2.31 bits per heavy atom. The van der Waals surface area contributed by atoms with Crippen LogP contribution in [0.2, 0.25) is 0 Å². The molecule has 0 fully saturated rings. The lowest BCUT2D eigenvalue weighted by atomic mass is 10.1. The van der Waals surface area contributed by atoms with E-state index in [2.05, 4.69) is 5.32 Å². The van der Waals surface area contributed by atoms with Gasteiger partial charge in [-0.25, -0.2) is 0 Å². The fraction of sp³-hybridized carbons (Fsp3) is 0.417. The Hall–Kier alpha value is -1.55. The first-order chi connectivity index (χ1) is 7.54. The molecule has 1 aromatic carbocycles. The van der Waals surface area contributed by atoms with E-state index in [9.17, 15) is 9.90 Å². The summed E-state index contributed by atoms with van der Waals surface area (Å²) in [7, 11) is 1.59. The summed E-state index contributed by atoms with van der Waals surface area (Å²) in [5, 5.41) is 12.0. The Morgan fingerprint density at radius 1 is 1.31 bits per heavy atom. The van der Waals surface area contributed by atoms with Crippen LogP contribution in [0.1, 0.15) is 13.8 Å². The molecule has 0 spiro atoms. The molecular formula is C12H17NO3. The van der Waals surface area contributed by atoms with Gasteiger partial charge in [0.1, 0.15) is 5.75 Å². The molecule has 4 heteroatoms. The third kappa shape index (κ3) is 3.24. The van der Waals surface area contributed by atoms with Crippen LogP contribution in [0.5, 0.6) is 5.75 Å². The van der Waals surface area contributed by atoms with Crippen LogP contribution in [0.25, 0.3) is 0 Å². The molecule has 0 aliphatic carbocycles. The topological polar surface area (TPSA) is 58.6 Å². The minimum absolute atomic E-state index is 0.194. The molecule has 0 aliphatic rings. The Kier molecular flexibility index (Phi) is 4.31. The molecule has 0 unspecified atom stereocenters. The van der Waals surface area contributed by atoms with Crippen LogP contribution >= 0.6 is 0 Å². The van der Waals surface area contributed by atoms with Crippen LogP contribution in [0.3, 0.4) is 0 Å². The van der Waals surface area contributed by atoms with E-state index < -0.39 is 12.0 Å². The van der Waals surface area contributed by atoms with Gasteiger partial charge in [-0.15, -0.1) is 0 Å². The van der Waals surface area contributed by atoms with Crippen molar-refractivity contribution in [2.75, 3.05) is 12.4 Å². The molecule has 0 radical (unpaired) electrons. The summed E-state index contributed by atoms with van der Waals surface area (Å²) in [5.41, 5.74) is 0.693. The summed E-state index contributed by atoms with van der Waals surface area (Å²) in [6.45, 7) is 3.28. The van der Waals surface area contributed by atoms with Crippen molar-refractivity contribution in [3.63, 3.8) is 0 Å². The van der Waals surface area contributed by atoms with E-state index in [1.54, 1.807) is 45.2 Å². The molecule has 0 bridgehead atoms. The van der Waals surface area contributed by atoms with Gasteiger partial charge < -0.3 is 15.2 Å². The summed E-state index contributed by atoms with van der Waals surface area (Å²) < 4.78 is 5.01. The van der Waals surface area contributed by atoms with E-state index in [0.717, 1.165) is 5.75 Å². The molecule has 1 aromatic rings. The lowest BCUT2D eigenvalue weighted by Crippen LogP contribution is -2.28. The highest BCUT2D eigenvalue weighted by Gasteiger charge is 2.17. The summed E-state index contributed by atoms with van der Waals surface area (Å²) in [5.74, 6) is 0.115. The highest BCUT2D eigenvalue weighted by Crippen LogP contribution is 2.16. The quantitative estimate of drug-likeness (QED) is 0.816. The van der Waals surface area contributed by atoms with E-state index in [4.69, 9.17) is 4.74 Å². The van der Waals surface area contributed by atoms with Crippen molar-refractivity contribution >= 4 is 11.6 Å². The highest BCUT2D eigenvalue weighted by molar-refractivity contribution is 5.92. The number of nitrogens with one attached hydrogen (secondary N) is 1. The number of rotatable bonds is 4. The minimum Gasteiger partial charge on any atom is -0.497 e. The van der Waals surface area contributed by atoms with Crippen LogP contribution in [-0.4, -0.2) is 24.2 Å². The third-order valence-corrected chi connectivity index (χ3v) is 2.49. The predicted molar refractivity (Wildman–Crippen MR) is 62.5 cm³/mol. The average molecular weight is 223 g/mol. The number of carbonyl (C=O) groups excluding carboxylic acids is 1. The predicted octanol–water partition coefficient (Wildman–Crippen LogP) is 1.65. The number of aliphatic hydroxyl groups excluding tert-OH is 1. The van der Waals surface area contributed by atoms with E-state index in [-0.39, 0.29) is 5.91 Å². The number of hydrogen-bond donors (Lipinski definition) is 2. The number of benzene rings is 1. The van der Waals surface area contributed by atoms with E-state index in [1.165, 1.54) is 0 Å². The number of hydrogen-bond acceptors (Lipinski definition) is 3. The molecule has 4 nitrogen and oxygen atoms in total. The zero-order valence-corrected chi connectivity index (χ0v) is 9.73. The molecule has 1 rings (SSSR count). The molecule has 0 heterocycles. The second kappa shape index (κ2) is 5.51. The molecular weight excluding hydrogens is 206 g/mol. The first kappa shape index (κ1) is 12.5. The summed E-state index contributed by atoms with van der Waals surface area (Å²) >= 11 is 0. The first-order valence-electron chi connectivity index (χ1n) is 5.17. The van der Waals surface area contributed by atoms with Gasteiger partial charge in [-0.3, -0.25) is 4.79 Å². The maximum Gasteiger partial charge on any atom is 0.229 e. The maximum atomic E-state index is 11.6. The van der Waals surface area contributed by atoms with Crippen molar-refractivity contribution in [1.82, 2.24) is 0 Å². The molecule has 0 aromatic heterocycles. The van der Waals surface area contributed by atoms with Gasteiger partial charge in [-0.05, 0) is 31.2 Å². The van der Waals surface area contributed by atoms with Gasteiger partial charge >= 0.3 is 0 Å². The van der Waals surface area contributed by atoms with Crippen molar-refractivity contribution in [2.45, 2.75) is 20.0 Å². The molecule has 0 saturated heterocycles. The molecule has 88 valence electrons. The largest absolute Gasteiger partial charge is 0.497 e. The Labute approximate surface area is 95.2 Å². The zero-order chi connectivity index (χ0) is 12.1. The number of aliphatic hydroxyl groups is 1. The highest BCUT2D eigenvalue weighted by atomic mass is 16.5. The molecule has 1 amide bonds. The van der Waals surface area contributed by atoms with Crippen molar-refractivity contribution in [3.8, 4) is 5.75 Å². The number of carbonyl (C=O) groups is 1. The van der Waals surface area contributed by atoms with Gasteiger partial charge in [0.25, 0.3) is 0 Å². The number of anilines is 1. The van der Waals surface area contributed by atoms with Gasteiger partial charge in [-0.2, -0.15) is 0 Å². The Bertz CT molecular complexity index is 346. The zero-order valence-electron chi connectivity index (χ0n) is 9.73. The summed E-state index contributed by atoms with van der Waals surface area (Å²) in [4.78, 5) is 11.6. The summed E-state index contributed by atoms with van der Waals surface area (Å²) in [6.07, 6.45) is -0.654. The second-order valence-electron chi connectivity index (χ2n) is 3.75. The SMILES string of the molecule is COc1ccc(NC(=O)[C@@H](C)[C@H](C)O)cc1. The van der Waals surface area contributed by atoms with E-state index >= 15 is 0 Å². The lowest BCUT2D eigenvalue weighted by molar-refractivity contribution is -0.122. The number of ether oxygens (including phenoxy) is 1. The minimum atomic E-state index is -0.654. The molecule has 0 saturated carbocycles.